The molecule has 0 heterocycles. The van der Waals surface area contributed by atoms with Crippen LogP contribution in [0.25, 0.3) is 12.2 Å². The summed E-state index contributed by atoms with van der Waals surface area (Å²) in [4.78, 5) is 2.07. The summed E-state index contributed by atoms with van der Waals surface area (Å²) < 4.78 is 0.933. The van der Waals surface area contributed by atoms with Crippen LogP contribution in [-0.4, -0.2) is 24.1 Å². The molecule has 0 amide bonds. The molecule has 3 heteroatoms. The van der Waals surface area contributed by atoms with Gasteiger partial charge in [-0.2, -0.15) is 0 Å². The number of rotatable bonds is 2. The van der Waals surface area contributed by atoms with Gasteiger partial charge in [-0.05, 0) is 53.9 Å². The maximum Gasteiger partial charge on any atom is 0.134 e. The van der Waals surface area contributed by atoms with Gasteiger partial charge in [0.2, 0.25) is 0 Å². The fourth-order valence-corrected chi connectivity index (χ4v) is 2.28. The largest absolute Gasteiger partial charge is 0.506 e. The van der Waals surface area contributed by atoms with Crippen LogP contribution in [0.15, 0.2) is 6.07 Å². The first kappa shape index (κ1) is 9.98. The van der Waals surface area contributed by atoms with Gasteiger partial charge in [-0.3, -0.25) is 0 Å². The fourth-order valence-electron chi connectivity index (χ4n) is 1.62. The molecule has 74 valence electrons. The molecule has 0 fully saturated rings. The lowest BCUT2D eigenvalue weighted by molar-refractivity contribution is 0.384. The van der Waals surface area contributed by atoms with Crippen molar-refractivity contribution in [3.63, 3.8) is 0 Å². The standard InChI is InChI=1S/C11H12INO/c1-13(2)6-9-8-4-3-7(8)5-10(12)11(9)14/h3-5,14H,6H2,1-2H3. The third kappa shape index (κ3) is 1.54. The van der Waals surface area contributed by atoms with Crippen molar-refractivity contribution in [2.24, 2.45) is 0 Å². The molecule has 0 saturated carbocycles. The lowest BCUT2D eigenvalue weighted by atomic mass is 9.92. The highest BCUT2D eigenvalue weighted by Crippen LogP contribution is 2.37. The number of aromatic hydroxyl groups is 1. The highest BCUT2D eigenvalue weighted by atomic mass is 127. The van der Waals surface area contributed by atoms with Gasteiger partial charge in [-0.25, -0.2) is 0 Å². The van der Waals surface area contributed by atoms with E-state index < -0.39 is 0 Å². The molecular weight excluding hydrogens is 289 g/mol. The molecule has 0 saturated heterocycles. The Morgan fingerprint density at radius 3 is 2.57 bits per heavy atom. The van der Waals surface area contributed by atoms with Crippen molar-refractivity contribution in [3.05, 3.63) is 26.3 Å². The van der Waals surface area contributed by atoms with Crippen molar-refractivity contribution in [2.75, 3.05) is 14.1 Å². The van der Waals surface area contributed by atoms with Crippen LogP contribution >= 0.6 is 22.6 Å². The highest BCUT2D eigenvalue weighted by molar-refractivity contribution is 14.1. The van der Waals surface area contributed by atoms with Crippen LogP contribution < -0.4 is 0 Å². The van der Waals surface area contributed by atoms with E-state index in [1.807, 2.05) is 20.2 Å². The summed E-state index contributed by atoms with van der Waals surface area (Å²) in [7, 11) is 4.02. The second-order valence-corrected chi connectivity index (χ2v) is 4.92. The molecule has 0 aromatic heterocycles. The lowest BCUT2D eigenvalue weighted by Gasteiger charge is -2.20. The number of halogens is 1. The number of nitrogens with zero attached hydrogens (tertiary/aromatic N) is 1. The first-order chi connectivity index (χ1) is 6.59. The van der Waals surface area contributed by atoms with Crippen molar-refractivity contribution in [1.29, 1.82) is 0 Å². The minimum atomic E-state index is 0.433. The van der Waals surface area contributed by atoms with E-state index in [1.54, 1.807) is 0 Å². The van der Waals surface area contributed by atoms with Gasteiger partial charge in [0.1, 0.15) is 5.75 Å². The molecule has 2 nitrogen and oxygen atoms in total. The zero-order valence-corrected chi connectivity index (χ0v) is 10.4. The quantitative estimate of drug-likeness (QED) is 0.862. The van der Waals surface area contributed by atoms with Crippen molar-refractivity contribution in [1.82, 2.24) is 4.90 Å². The van der Waals surface area contributed by atoms with Gasteiger partial charge in [0.15, 0.2) is 0 Å². The van der Waals surface area contributed by atoms with Crippen LogP contribution in [0.1, 0.15) is 16.7 Å². The fraction of sp³-hybridized carbons (Fsp3) is 0.273. The number of hydrogen-bond donors (Lipinski definition) is 1. The minimum Gasteiger partial charge on any atom is -0.506 e. The molecule has 0 bridgehead atoms. The number of fused-ring (bicyclic) bond motifs is 1. The molecule has 14 heavy (non-hydrogen) atoms. The number of hydrogen-bond acceptors (Lipinski definition) is 2. The van der Waals surface area contributed by atoms with Crippen LogP contribution in [-0.2, 0) is 6.54 Å². The summed E-state index contributed by atoms with van der Waals surface area (Å²) in [5, 5.41) is 9.92. The average Bonchev–Trinajstić information content (AvgIpc) is 2.06. The topological polar surface area (TPSA) is 23.5 Å². The Bertz CT molecular complexity index is 410. The third-order valence-corrected chi connectivity index (χ3v) is 3.16. The van der Waals surface area contributed by atoms with Crippen LogP contribution in [0.5, 0.6) is 5.75 Å². The van der Waals surface area contributed by atoms with Crippen LogP contribution in [0.2, 0.25) is 0 Å². The summed E-state index contributed by atoms with van der Waals surface area (Å²) in [5.74, 6) is 0.433. The Labute approximate surface area is 97.4 Å². The van der Waals surface area contributed by atoms with E-state index in [0.717, 1.165) is 15.7 Å². The first-order valence-corrected chi connectivity index (χ1v) is 5.54. The molecule has 1 aliphatic rings. The first-order valence-electron chi connectivity index (χ1n) is 4.46. The second kappa shape index (κ2) is 3.55. The Kier molecular flexibility index (Phi) is 2.53. The van der Waals surface area contributed by atoms with E-state index >= 15 is 0 Å². The average molecular weight is 301 g/mol. The Balaban J connectivity index is 2.48. The molecule has 0 spiro atoms. The molecule has 2 rings (SSSR count). The lowest BCUT2D eigenvalue weighted by Crippen LogP contribution is -2.13. The van der Waals surface area contributed by atoms with Gasteiger partial charge in [-0.15, -0.1) is 0 Å². The van der Waals surface area contributed by atoms with Gasteiger partial charge < -0.3 is 10.0 Å². The van der Waals surface area contributed by atoms with Crippen LogP contribution in [0.4, 0.5) is 0 Å². The molecule has 1 aromatic rings. The van der Waals surface area contributed by atoms with E-state index in [-0.39, 0.29) is 0 Å². The van der Waals surface area contributed by atoms with Crippen LogP contribution in [0.3, 0.4) is 0 Å². The van der Waals surface area contributed by atoms with Gasteiger partial charge in [-0.1, -0.05) is 12.2 Å². The summed E-state index contributed by atoms with van der Waals surface area (Å²) >= 11 is 2.17. The van der Waals surface area contributed by atoms with E-state index in [2.05, 4.69) is 39.6 Å². The number of benzene rings is 1. The number of phenolic OH excluding ortho intramolecular Hbond substituents is 1. The van der Waals surface area contributed by atoms with Crippen molar-refractivity contribution in [3.8, 4) is 5.75 Å². The Morgan fingerprint density at radius 1 is 1.36 bits per heavy atom. The van der Waals surface area contributed by atoms with Gasteiger partial charge in [0, 0.05) is 12.1 Å². The van der Waals surface area contributed by atoms with Gasteiger partial charge in [0.05, 0.1) is 3.57 Å². The Morgan fingerprint density at radius 2 is 2.07 bits per heavy atom. The summed E-state index contributed by atoms with van der Waals surface area (Å²) in [5.41, 5.74) is 3.47. The molecule has 1 aromatic carbocycles. The molecule has 0 aliphatic heterocycles. The smallest absolute Gasteiger partial charge is 0.134 e. The number of phenols is 1. The maximum absolute atomic E-state index is 9.92. The maximum atomic E-state index is 9.92. The second-order valence-electron chi connectivity index (χ2n) is 3.76. The zero-order chi connectivity index (χ0) is 10.3. The molecular formula is C11H12INO. The van der Waals surface area contributed by atoms with E-state index in [1.165, 1.54) is 11.1 Å². The van der Waals surface area contributed by atoms with Crippen molar-refractivity contribution < 1.29 is 5.11 Å². The molecule has 1 N–H and O–H groups in total. The van der Waals surface area contributed by atoms with E-state index in [4.69, 9.17) is 0 Å². The molecule has 0 atom stereocenters. The highest BCUT2D eigenvalue weighted by Gasteiger charge is 2.17. The molecule has 1 aliphatic carbocycles. The summed E-state index contributed by atoms with van der Waals surface area (Å²) in [6, 6.07) is 2.02. The minimum absolute atomic E-state index is 0.433. The molecule has 0 unspecified atom stereocenters. The predicted octanol–water partition coefficient (Wildman–Crippen LogP) is 2.54. The monoisotopic (exact) mass is 301 g/mol. The van der Waals surface area contributed by atoms with E-state index in [0.29, 0.717) is 5.75 Å². The van der Waals surface area contributed by atoms with Gasteiger partial charge >= 0.3 is 0 Å². The van der Waals surface area contributed by atoms with Crippen molar-refractivity contribution >= 4 is 34.7 Å². The van der Waals surface area contributed by atoms with Gasteiger partial charge in [0.25, 0.3) is 0 Å². The molecule has 0 radical (unpaired) electrons. The van der Waals surface area contributed by atoms with Crippen molar-refractivity contribution in [2.45, 2.75) is 6.54 Å². The zero-order valence-electron chi connectivity index (χ0n) is 8.21. The Hall–Kier alpha value is -0.550. The van der Waals surface area contributed by atoms with Crippen LogP contribution in [0, 0.1) is 3.57 Å². The third-order valence-electron chi connectivity index (χ3n) is 2.33. The SMILES string of the molecule is CN(C)Cc1c(O)c(I)cc2c1C=C2. The van der Waals surface area contributed by atoms with E-state index in [9.17, 15) is 5.11 Å². The predicted molar refractivity (Wildman–Crippen MR) is 67.1 cm³/mol. The normalized spacial score (nSPS) is 12.9. The summed E-state index contributed by atoms with van der Waals surface area (Å²) in [6.45, 7) is 0.787. The summed E-state index contributed by atoms with van der Waals surface area (Å²) in [6.07, 6.45) is 4.14.